The van der Waals surface area contributed by atoms with Crippen LogP contribution in [-0.4, -0.2) is 54.1 Å². The van der Waals surface area contributed by atoms with Crippen molar-refractivity contribution in [2.75, 3.05) is 26.5 Å². The van der Waals surface area contributed by atoms with E-state index in [0.717, 1.165) is 11.3 Å². The van der Waals surface area contributed by atoms with E-state index in [9.17, 15) is 9.18 Å². The Morgan fingerprint density at radius 2 is 2.31 bits per heavy atom. The summed E-state index contributed by atoms with van der Waals surface area (Å²) < 4.78 is 31.0. The maximum absolute atomic E-state index is 13.7. The number of benzene rings is 1. The van der Waals surface area contributed by atoms with Gasteiger partial charge in [-0.3, -0.25) is 4.79 Å². The van der Waals surface area contributed by atoms with Crippen LogP contribution in [0.4, 0.5) is 4.39 Å². The lowest BCUT2D eigenvalue weighted by molar-refractivity contribution is -0.0466. The van der Waals surface area contributed by atoms with Crippen LogP contribution < -0.4 is 4.74 Å². The fourth-order valence-electron chi connectivity index (χ4n) is 3.82. The van der Waals surface area contributed by atoms with Crippen LogP contribution in [-0.2, 0) is 15.1 Å². The van der Waals surface area contributed by atoms with Crippen LogP contribution in [0.3, 0.4) is 0 Å². The summed E-state index contributed by atoms with van der Waals surface area (Å²) in [6.07, 6.45) is 0.400. The summed E-state index contributed by atoms with van der Waals surface area (Å²) in [7, 11) is 0. The van der Waals surface area contributed by atoms with Crippen molar-refractivity contribution in [2.24, 2.45) is 0 Å². The number of aromatic nitrogens is 1. The first-order chi connectivity index (χ1) is 13.8. The number of amides is 1. The number of piperidine rings is 1. The molecule has 0 N–H and O–H groups in total. The standard InChI is InChI=1S/C21H25FN2O4S/c1-14-8-15(4-5-16(14)26-11-20(2,3)22)19(25)24-7-6-21(17-10-29-12-23-17)18(9-24)27-13-28-21/h4-5,8,10,12,18H,6-7,9,11,13H2,1-3H3. The minimum absolute atomic E-state index is 0.0367. The number of aryl methyl sites for hydroxylation is 1. The van der Waals surface area contributed by atoms with Crippen LogP contribution in [0.2, 0.25) is 0 Å². The Hall–Kier alpha value is -2.03. The van der Waals surface area contributed by atoms with Crippen molar-refractivity contribution in [1.29, 1.82) is 0 Å². The zero-order chi connectivity index (χ0) is 20.6. The Labute approximate surface area is 173 Å². The van der Waals surface area contributed by atoms with Crippen molar-refractivity contribution < 1.29 is 23.4 Å². The average molecular weight is 421 g/mol. The van der Waals surface area contributed by atoms with Crippen LogP contribution in [0, 0.1) is 6.92 Å². The maximum Gasteiger partial charge on any atom is 0.253 e. The van der Waals surface area contributed by atoms with Gasteiger partial charge in [0.25, 0.3) is 5.91 Å². The molecular weight excluding hydrogens is 395 g/mol. The first-order valence-corrected chi connectivity index (χ1v) is 10.6. The molecule has 1 aromatic carbocycles. The van der Waals surface area contributed by atoms with Gasteiger partial charge in [-0.25, -0.2) is 9.37 Å². The number of fused-ring (bicyclic) bond motifs is 1. The summed E-state index contributed by atoms with van der Waals surface area (Å²) in [6, 6.07) is 5.24. The van der Waals surface area contributed by atoms with Gasteiger partial charge >= 0.3 is 0 Å². The number of rotatable bonds is 5. The normalized spacial score (nSPS) is 24.4. The number of alkyl halides is 1. The van der Waals surface area contributed by atoms with E-state index < -0.39 is 11.3 Å². The van der Waals surface area contributed by atoms with Crippen LogP contribution >= 0.6 is 11.3 Å². The summed E-state index contributed by atoms with van der Waals surface area (Å²) in [6.45, 7) is 5.97. The summed E-state index contributed by atoms with van der Waals surface area (Å²) >= 11 is 1.53. The molecule has 0 radical (unpaired) electrons. The second-order valence-corrected chi connectivity index (χ2v) is 8.89. The van der Waals surface area contributed by atoms with Crippen molar-refractivity contribution >= 4 is 17.2 Å². The lowest BCUT2D eigenvalue weighted by Crippen LogP contribution is -2.53. The molecule has 156 valence electrons. The van der Waals surface area contributed by atoms with Gasteiger partial charge in [-0.1, -0.05) is 0 Å². The molecule has 6 nitrogen and oxygen atoms in total. The Kier molecular flexibility index (Phi) is 5.35. The third-order valence-electron chi connectivity index (χ3n) is 5.39. The minimum atomic E-state index is -1.41. The minimum Gasteiger partial charge on any atom is -0.490 e. The zero-order valence-corrected chi connectivity index (χ0v) is 17.6. The van der Waals surface area contributed by atoms with Gasteiger partial charge in [-0.05, 0) is 44.5 Å². The van der Waals surface area contributed by atoms with Gasteiger partial charge in [-0.2, -0.15) is 0 Å². The number of halogens is 1. The first-order valence-electron chi connectivity index (χ1n) is 9.64. The fraction of sp³-hybridized carbons (Fsp3) is 0.524. The van der Waals surface area contributed by atoms with E-state index in [-0.39, 0.29) is 25.4 Å². The summed E-state index contributed by atoms with van der Waals surface area (Å²) in [4.78, 5) is 19.3. The molecule has 4 rings (SSSR count). The monoisotopic (exact) mass is 420 g/mol. The fourth-order valence-corrected chi connectivity index (χ4v) is 4.45. The van der Waals surface area contributed by atoms with Crippen molar-refractivity contribution in [3.05, 3.63) is 45.9 Å². The van der Waals surface area contributed by atoms with Crippen LogP contribution in [0.15, 0.2) is 29.1 Å². The van der Waals surface area contributed by atoms with E-state index in [1.807, 2.05) is 12.3 Å². The molecule has 2 atom stereocenters. The molecule has 2 aliphatic rings. The molecule has 3 heterocycles. The molecule has 2 fully saturated rings. The van der Waals surface area contributed by atoms with Gasteiger partial charge < -0.3 is 19.1 Å². The van der Waals surface area contributed by atoms with E-state index in [0.29, 0.717) is 30.8 Å². The molecule has 1 aromatic heterocycles. The predicted molar refractivity (Wildman–Crippen MR) is 107 cm³/mol. The number of ether oxygens (including phenoxy) is 3. The number of nitrogens with zero attached hydrogens (tertiary/aromatic N) is 2. The van der Waals surface area contributed by atoms with E-state index in [1.54, 1.807) is 28.6 Å². The molecule has 2 aliphatic heterocycles. The van der Waals surface area contributed by atoms with E-state index in [4.69, 9.17) is 14.2 Å². The summed E-state index contributed by atoms with van der Waals surface area (Å²) in [5.41, 5.74) is 2.07. The third-order valence-corrected chi connectivity index (χ3v) is 5.98. The van der Waals surface area contributed by atoms with Crippen LogP contribution in [0.1, 0.15) is 41.9 Å². The molecule has 2 aromatic rings. The number of hydrogen-bond donors (Lipinski definition) is 0. The highest BCUT2D eigenvalue weighted by molar-refractivity contribution is 7.07. The topological polar surface area (TPSA) is 60.9 Å². The number of thiazole rings is 1. The first kappa shape index (κ1) is 20.3. The highest BCUT2D eigenvalue weighted by Gasteiger charge is 2.52. The van der Waals surface area contributed by atoms with Gasteiger partial charge in [0.1, 0.15) is 36.5 Å². The summed E-state index contributed by atoms with van der Waals surface area (Å²) in [5, 5.41) is 1.99. The molecule has 8 heteroatoms. The Bertz CT molecular complexity index is 883. The molecule has 29 heavy (non-hydrogen) atoms. The van der Waals surface area contributed by atoms with Gasteiger partial charge in [0.05, 0.1) is 17.7 Å². The molecule has 0 spiro atoms. The van der Waals surface area contributed by atoms with E-state index in [2.05, 4.69) is 4.98 Å². The molecule has 0 bridgehead atoms. The Morgan fingerprint density at radius 3 is 3.00 bits per heavy atom. The van der Waals surface area contributed by atoms with E-state index >= 15 is 0 Å². The lowest BCUT2D eigenvalue weighted by atomic mass is 9.86. The van der Waals surface area contributed by atoms with Gasteiger partial charge in [0.15, 0.2) is 0 Å². The average Bonchev–Trinajstić information content (AvgIpc) is 3.35. The second-order valence-electron chi connectivity index (χ2n) is 8.17. The number of hydrogen-bond acceptors (Lipinski definition) is 6. The largest absolute Gasteiger partial charge is 0.490 e. The number of carbonyl (C=O) groups excluding carboxylic acids is 1. The van der Waals surface area contributed by atoms with Gasteiger partial charge in [0, 0.05) is 23.9 Å². The van der Waals surface area contributed by atoms with Crippen LogP contribution in [0.5, 0.6) is 5.75 Å². The number of likely N-dealkylation sites (tertiary alicyclic amines) is 1. The Morgan fingerprint density at radius 1 is 1.48 bits per heavy atom. The smallest absolute Gasteiger partial charge is 0.253 e. The molecule has 2 unspecified atom stereocenters. The second kappa shape index (κ2) is 7.66. The molecule has 0 aliphatic carbocycles. The molecule has 0 saturated carbocycles. The van der Waals surface area contributed by atoms with Crippen LogP contribution in [0.25, 0.3) is 0 Å². The van der Waals surface area contributed by atoms with Gasteiger partial charge in [0.2, 0.25) is 0 Å². The highest BCUT2D eigenvalue weighted by Crippen LogP contribution is 2.42. The Balaban J connectivity index is 1.46. The molecule has 1 amide bonds. The number of carbonyl (C=O) groups is 1. The zero-order valence-electron chi connectivity index (χ0n) is 16.8. The molecule has 2 saturated heterocycles. The van der Waals surface area contributed by atoms with E-state index in [1.165, 1.54) is 25.2 Å². The maximum atomic E-state index is 13.7. The predicted octanol–water partition coefficient (Wildman–Crippen LogP) is 3.69. The van der Waals surface area contributed by atoms with Crippen molar-refractivity contribution in [3.63, 3.8) is 0 Å². The van der Waals surface area contributed by atoms with Crippen molar-refractivity contribution in [1.82, 2.24) is 9.88 Å². The highest BCUT2D eigenvalue weighted by atomic mass is 32.1. The summed E-state index contributed by atoms with van der Waals surface area (Å²) in [5.74, 6) is 0.522. The lowest BCUT2D eigenvalue weighted by Gasteiger charge is -2.40. The van der Waals surface area contributed by atoms with Crippen molar-refractivity contribution in [3.8, 4) is 5.75 Å². The SMILES string of the molecule is Cc1cc(C(=O)N2CCC3(c4cscn4)OCOC3C2)ccc1OCC(C)(C)F. The third kappa shape index (κ3) is 4.01. The molecular formula is C21H25FN2O4S. The quantitative estimate of drug-likeness (QED) is 0.738. The van der Waals surface area contributed by atoms with Crippen molar-refractivity contribution in [2.45, 2.75) is 44.6 Å². The van der Waals surface area contributed by atoms with Gasteiger partial charge in [-0.15, -0.1) is 11.3 Å².